The number of nitrogens with zero attached hydrogens (tertiary/aromatic N) is 1. The molecule has 0 atom stereocenters. The van der Waals surface area contributed by atoms with E-state index in [0.717, 1.165) is 23.1 Å². The highest BCUT2D eigenvalue weighted by atomic mass is 35.5. The minimum atomic E-state index is -0.234. The van der Waals surface area contributed by atoms with E-state index in [1.807, 2.05) is 13.8 Å². The van der Waals surface area contributed by atoms with Gasteiger partial charge in [-0.05, 0) is 38.0 Å². The Kier molecular flexibility index (Phi) is 2.85. The van der Waals surface area contributed by atoms with Crippen molar-refractivity contribution in [2.45, 2.75) is 27.2 Å². The molecule has 0 saturated carbocycles. The second-order valence-electron chi connectivity index (χ2n) is 3.92. The molecule has 0 saturated heterocycles. The Bertz CT molecular complexity index is 564. The summed E-state index contributed by atoms with van der Waals surface area (Å²) in [6, 6.07) is 3.13. The fraction of sp³-hybridized carbons (Fsp3) is 0.308. The lowest BCUT2D eigenvalue weighted by Crippen LogP contribution is -1.97. The summed E-state index contributed by atoms with van der Waals surface area (Å²) in [5.41, 5.74) is 3.16. The number of aryl methyl sites for hydroxylation is 2. The summed E-state index contributed by atoms with van der Waals surface area (Å²) in [6.45, 7) is 5.70. The highest BCUT2D eigenvalue weighted by Crippen LogP contribution is 2.30. The van der Waals surface area contributed by atoms with Crippen molar-refractivity contribution in [1.29, 1.82) is 0 Å². The molecule has 0 aliphatic carbocycles. The van der Waals surface area contributed by atoms with Crippen LogP contribution in [0, 0.1) is 19.7 Å². The summed E-state index contributed by atoms with van der Waals surface area (Å²) in [5, 5.41) is 1.51. The van der Waals surface area contributed by atoms with Crippen molar-refractivity contribution in [2.75, 3.05) is 0 Å². The van der Waals surface area contributed by atoms with Crippen molar-refractivity contribution in [3.05, 3.63) is 39.8 Å². The van der Waals surface area contributed by atoms with Crippen molar-refractivity contribution in [2.24, 2.45) is 0 Å². The van der Waals surface area contributed by atoms with Gasteiger partial charge in [0.25, 0.3) is 0 Å². The molecule has 16 heavy (non-hydrogen) atoms. The third-order valence-electron chi connectivity index (χ3n) is 2.95. The quantitative estimate of drug-likeness (QED) is 0.724. The highest BCUT2D eigenvalue weighted by molar-refractivity contribution is 6.36. The first-order chi connectivity index (χ1) is 7.56. The van der Waals surface area contributed by atoms with Crippen LogP contribution in [0.2, 0.25) is 5.02 Å². The lowest BCUT2D eigenvalue weighted by Gasteiger charge is -2.10. The summed E-state index contributed by atoms with van der Waals surface area (Å²) >= 11 is 6.27. The standard InChI is InChI=1S/C13H13ClFN/c1-4-11-8(3)12(14)9-5-6-10(15)7(2)13(9)16-11/h5-6H,4H2,1-3H3. The third kappa shape index (κ3) is 1.57. The first kappa shape index (κ1) is 11.3. The SMILES string of the molecule is CCc1nc2c(C)c(F)ccc2c(Cl)c1C. The van der Waals surface area contributed by atoms with Crippen molar-refractivity contribution >= 4 is 22.5 Å². The zero-order valence-corrected chi connectivity index (χ0v) is 10.3. The average molecular weight is 238 g/mol. The molecule has 0 amide bonds. The van der Waals surface area contributed by atoms with Crippen LogP contribution in [-0.2, 0) is 6.42 Å². The fourth-order valence-electron chi connectivity index (χ4n) is 1.89. The van der Waals surface area contributed by atoms with Gasteiger partial charge in [-0.15, -0.1) is 0 Å². The number of fused-ring (bicyclic) bond motifs is 1. The fourth-order valence-corrected chi connectivity index (χ4v) is 2.15. The van der Waals surface area contributed by atoms with E-state index in [1.54, 1.807) is 13.0 Å². The Morgan fingerprint density at radius 2 is 1.94 bits per heavy atom. The Labute approximate surface area is 99.3 Å². The summed E-state index contributed by atoms with van der Waals surface area (Å²) in [4.78, 5) is 4.49. The molecule has 0 radical (unpaired) electrons. The first-order valence-corrected chi connectivity index (χ1v) is 5.67. The summed E-state index contributed by atoms with van der Waals surface area (Å²) in [6.07, 6.45) is 0.803. The second-order valence-corrected chi connectivity index (χ2v) is 4.30. The molecule has 0 aliphatic rings. The smallest absolute Gasteiger partial charge is 0.128 e. The molecule has 2 aromatic rings. The van der Waals surface area contributed by atoms with Crippen molar-refractivity contribution < 1.29 is 4.39 Å². The van der Waals surface area contributed by atoms with Crippen LogP contribution in [0.15, 0.2) is 12.1 Å². The number of rotatable bonds is 1. The van der Waals surface area contributed by atoms with Crippen LogP contribution in [0.25, 0.3) is 10.9 Å². The van der Waals surface area contributed by atoms with Crippen LogP contribution in [0.3, 0.4) is 0 Å². The predicted octanol–water partition coefficient (Wildman–Crippen LogP) is 4.21. The predicted molar refractivity (Wildman–Crippen MR) is 65.6 cm³/mol. The third-order valence-corrected chi connectivity index (χ3v) is 3.43. The van der Waals surface area contributed by atoms with E-state index >= 15 is 0 Å². The molecule has 1 heterocycles. The van der Waals surface area contributed by atoms with Crippen LogP contribution < -0.4 is 0 Å². The van der Waals surface area contributed by atoms with Gasteiger partial charge < -0.3 is 0 Å². The largest absolute Gasteiger partial charge is 0.252 e. The molecule has 1 aromatic carbocycles. The van der Waals surface area contributed by atoms with Crippen LogP contribution in [0.1, 0.15) is 23.7 Å². The molecule has 1 nitrogen and oxygen atoms in total. The Hall–Kier alpha value is -1.15. The topological polar surface area (TPSA) is 12.9 Å². The van der Waals surface area contributed by atoms with Crippen LogP contribution >= 0.6 is 11.6 Å². The van der Waals surface area contributed by atoms with Crippen molar-refractivity contribution in [3.63, 3.8) is 0 Å². The number of pyridine rings is 1. The Morgan fingerprint density at radius 1 is 1.25 bits per heavy atom. The first-order valence-electron chi connectivity index (χ1n) is 5.30. The lowest BCUT2D eigenvalue weighted by molar-refractivity contribution is 0.620. The molecule has 84 valence electrons. The molecule has 0 bridgehead atoms. The zero-order chi connectivity index (χ0) is 11.9. The van der Waals surface area contributed by atoms with E-state index in [1.165, 1.54) is 6.07 Å². The number of hydrogen-bond donors (Lipinski definition) is 0. The van der Waals surface area contributed by atoms with Gasteiger partial charge in [-0.1, -0.05) is 18.5 Å². The van der Waals surface area contributed by atoms with E-state index in [-0.39, 0.29) is 5.82 Å². The van der Waals surface area contributed by atoms with E-state index in [9.17, 15) is 4.39 Å². The molecule has 0 unspecified atom stereocenters. The zero-order valence-electron chi connectivity index (χ0n) is 9.56. The van der Waals surface area contributed by atoms with E-state index < -0.39 is 0 Å². The molecule has 0 N–H and O–H groups in total. The number of aromatic nitrogens is 1. The molecule has 3 heteroatoms. The summed E-state index contributed by atoms with van der Waals surface area (Å²) < 4.78 is 13.4. The van der Waals surface area contributed by atoms with E-state index in [0.29, 0.717) is 16.1 Å². The maximum atomic E-state index is 13.4. The second kappa shape index (κ2) is 4.02. The van der Waals surface area contributed by atoms with Gasteiger partial charge in [0.1, 0.15) is 5.82 Å². The molecule has 0 spiro atoms. The molecular weight excluding hydrogens is 225 g/mol. The molecule has 2 rings (SSSR count). The minimum absolute atomic E-state index is 0.234. The summed E-state index contributed by atoms with van der Waals surface area (Å²) in [5.74, 6) is -0.234. The van der Waals surface area contributed by atoms with E-state index in [4.69, 9.17) is 11.6 Å². The molecule has 1 aromatic heterocycles. The molecule has 0 fully saturated rings. The minimum Gasteiger partial charge on any atom is -0.252 e. The Balaban J connectivity index is 2.93. The van der Waals surface area contributed by atoms with Gasteiger partial charge in [0, 0.05) is 16.6 Å². The van der Waals surface area contributed by atoms with Crippen molar-refractivity contribution in [3.8, 4) is 0 Å². The van der Waals surface area contributed by atoms with Gasteiger partial charge in [0.05, 0.1) is 10.5 Å². The van der Waals surface area contributed by atoms with Gasteiger partial charge >= 0.3 is 0 Å². The lowest BCUT2D eigenvalue weighted by atomic mass is 10.1. The normalized spacial score (nSPS) is 11.1. The summed E-state index contributed by atoms with van der Waals surface area (Å²) in [7, 11) is 0. The number of halogens is 2. The van der Waals surface area contributed by atoms with Crippen molar-refractivity contribution in [1.82, 2.24) is 4.98 Å². The van der Waals surface area contributed by atoms with Gasteiger partial charge in [0.2, 0.25) is 0 Å². The average Bonchev–Trinajstić information content (AvgIpc) is 2.28. The van der Waals surface area contributed by atoms with E-state index in [2.05, 4.69) is 4.98 Å². The molecule has 0 aliphatic heterocycles. The maximum Gasteiger partial charge on any atom is 0.128 e. The monoisotopic (exact) mass is 237 g/mol. The van der Waals surface area contributed by atoms with Crippen LogP contribution in [-0.4, -0.2) is 4.98 Å². The Morgan fingerprint density at radius 3 is 2.56 bits per heavy atom. The van der Waals surface area contributed by atoms with Crippen LogP contribution in [0.5, 0.6) is 0 Å². The maximum absolute atomic E-state index is 13.4. The van der Waals surface area contributed by atoms with Gasteiger partial charge in [-0.25, -0.2) is 4.39 Å². The van der Waals surface area contributed by atoms with Gasteiger partial charge in [-0.2, -0.15) is 0 Å². The highest BCUT2D eigenvalue weighted by Gasteiger charge is 2.12. The van der Waals surface area contributed by atoms with Gasteiger partial charge in [-0.3, -0.25) is 4.98 Å². The van der Waals surface area contributed by atoms with Gasteiger partial charge in [0.15, 0.2) is 0 Å². The molecular formula is C13H13ClFN. The number of benzene rings is 1. The van der Waals surface area contributed by atoms with Crippen LogP contribution in [0.4, 0.5) is 4.39 Å². The number of hydrogen-bond acceptors (Lipinski definition) is 1.